The number of ether oxygens (including phenoxy) is 1. The fraction of sp³-hybridized carbons (Fsp3) is 0.308. The molecule has 6 heteroatoms. The number of rotatable bonds is 2. The molecule has 2 aromatic rings. The maximum atomic E-state index is 12.2. The third kappa shape index (κ3) is 2.08. The summed E-state index contributed by atoms with van der Waals surface area (Å²) in [7, 11) is 1.37. The minimum Gasteiger partial charge on any atom is -0.469 e. The van der Waals surface area contributed by atoms with E-state index in [0.717, 1.165) is 10.2 Å². The van der Waals surface area contributed by atoms with Crippen LogP contribution in [0, 0.1) is 5.92 Å². The smallest absolute Gasteiger partial charge is 0.312 e. The molecule has 19 heavy (non-hydrogen) atoms. The van der Waals surface area contributed by atoms with Gasteiger partial charge in [-0.2, -0.15) is 0 Å². The molecular formula is C13H12N2O3S. The normalized spacial score (nSPS) is 15.3. The van der Waals surface area contributed by atoms with Crippen molar-refractivity contribution in [2.24, 2.45) is 5.92 Å². The van der Waals surface area contributed by atoms with Gasteiger partial charge in [0.2, 0.25) is 0 Å². The van der Waals surface area contributed by atoms with Crippen molar-refractivity contribution in [1.82, 2.24) is 9.88 Å². The molecule has 1 aromatic heterocycles. The summed E-state index contributed by atoms with van der Waals surface area (Å²) >= 11 is 1.51. The van der Waals surface area contributed by atoms with Crippen LogP contribution >= 0.6 is 11.3 Å². The van der Waals surface area contributed by atoms with E-state index >= 15 is 0 Å². The van der Waals surface area contributed by atoms with Crippen molar-refractivity contribution in [3.8, 4) is 0 Å². The molecule has 1 aliphatic heterocycles. The largest absolute Gasteiger partial charge is 0.469 e. The number of benzene rings is 1. The number of carbonyl (C=O) groups is 2. The molecule has 0 aliphatic carbocycles. The Balaban J connectivity index is 1.73. The highest BCUT2D eigenvalue weighted by Crippen LogP contribution is 2.23. The number of amides is 1. The molecule has 1 aromatic carbocycles. The van der Waals surface area contributed by atoms with Crippen LogP contribution in [0.4, 0.5) is 0 Å². The Labute approximate surface area is 113 Å². The highest BCUT2D eigenvalue weighted by Gasteiger charge is 2.36. The zero-order valence-corrected chi connectivity index (χ0v) is 11.1. The average Bonchev–Trinajstić information content (AvgIpc) is 2.83. The lowest BCUT2D eigenvalue weighted by Gasteiger charge is -2.37. The third-order valence-corrected chi connectivity index (χ3v) is 4.07. The number of nitrogens with zero attached hydrogens (tertiary/aromatic N) is 2. The molecule has 5 nitrogen and oxygen atoms in total. The van der Waals surface area contributed by atoms with E-state index in [1.165, 1.54) is 18.4 Å². The van der Waals surface area contributed by atoms with Gasteiger partial charge in [0.05, 0.1) is 28.8 Å². The van der Waals surface area contributed by atoms with Crippen LogP contribution in [0.25, 0.3) is 10.2 Å². The van der Waals surface area contributed by atoms with Crippen LogP contribution in [0.2, 0.25) is 0 Å². The van der Waals surface area contributed by atoms with E-state index in [9.17, 15) is 9.59 Å². The zero-order chi connectivity index (χ0) is 13.4. The van der Waals surface area contributed by atoms with Crippen LogP contribution < -0.4 is 0 Å². The lowest BCUT2D eigenvalue weighted by molar-refractivity contribution is -0.149. The van der Waals surface area contributed by atoms with Gasteiger partial charge in [0.25, 0.3) is 5.91 Å². The summed E-state index contributed by atoms with van der Waals surface area (Å²) in [6.07, 6.45) is 0. The molecule has 0 bridgehead atoms. The van der Waals surface area contributed by atoms with E-state index in [4.69, 9.17) is 0 Å². The molecule has 0 saturated carbocycles. The standard InChI is InChI=1S/C13H12N2O3S/c1-18-13(17)9-5-15(6-9)12(16)8-2-3-10-11(4-8)19-7-14-10/h2-4,7,9H,5-6H2,1H3. The van der Waals surface area contributed by atoms with Crippen LogP contribution in [-0.4, -0.2) is 42.0 Å². The molecule has 1 fully saturated rings. The molecule has 3 rings (SSSR count). The van der Waals surface area contributed by atoms with Crippen LogP contribution in [-0.2, 0) is 9.53 Å². The van der Waals surface area contributed by atoms with Crippen molar-refractivity contribution in [2.45, 2.75) is 0 Å². The van der Waals surface area contributed by atoms with Crippen LogP contribution in [0.5, 0.6) is 0 Å². The molecule has 0 spiro atoms. The highest BCUT2D eigenvalue weighted by molar-refractivity contribution is 7.16. The Morgan fingerprint density at radius 3 is 2.95 bits per heavy atom. The van der Waals surface area contributed by atoms with Gasteiger partial charge in [0.1, 0.15) is 0 Å². The lowest BCUT2D eigenvalue weighted by atomic mass is 9.99. The predicted molar refractivity (Wildman–Crippen MR) is 71.0 cm³/mol. The summed E-state index contributed by atoms with van der Waals surface area (Å²) in [6.45, 7) is 0.873. The number of aromatic nitrogens is 1. The van der Waals surface area contributed by atoms with E-state index in [1.807, 2.05) is 12.1 Å². The fourth-order valence-corrected chi connectivity index (χ4v) is 2.85. The van der Waals surface area contributed by atoms with Crippen molar-refractivity contribution < 1.29 is 14.3 Å². The first-order chi connectivity index (χ1) is 9.19. The second-order valence-corrected chi connectivity index (χ2v) is 5.35. The minimum atomic E-state index is -0.248. The SMILES string of the molecule is COC(=O)C1CN(C(=O)c2ccc3ncsc3c2)C1. The number of carbonyl (C=O) groups excluding carboxylic acids is 2. The van der Waals surface area contributed by atoms with Crippen LogP contribution in [0.1, 0.15) is 10.4 Å². The van der Waals surface area contributed by atoms with Gasteiger partial charge in [0.15, 0.2) is 0 Å². The highest BCUT2D eigenvalue weighted by atomic mass is 32.1. The zero-order valence-electron chi connectivity index (χ0n) is 10.3. The Hall–Kier alpha value is -1.95. The van der Waals surface area contributed by atoms with Gasteiger partial charge in [-0.3, -0.25) is 9.59 Å². The Bertz CT molecular complexity index is 646. The second kappa shape index (κ2) is 4.62. The number of thiazole rings is 1. The summed E-state index contributed by atoms with van der Waals surface area (Å²) in [6, 6.07) is 5.47. The molecular weight excluding hydrogens is 264 g/mol. The van der Waals surface area contributed by atoms with Crippen molar-refractivity contribution in [1.29, 1.82) is 0 Å². The molecule has 1 aliphatic rings. The van der Waals surface area contributed by atoms with Gasteiger partial charge in [0, 0.05) is 18.7 Å². The minimum absolute atomic E-state index is 0.0459. The van der Waals surface area contributed by atoms with Gasteiger partial charge < -0.3 is 9.64 Å². The molecule has 0 unspecified atom stereocenters. The Kier molecular flexibility index (Phi) is 2.94. The monoisotopic (exact) mass is 276 g/mol. The first kappa shape index (κ1) is 12.1. The molecule has 98 valence electrons. The third-order valence-electron chi connectivity index (χ3n) is 3.28. The fourth-order valence-electron chi connectivity index (χ4n) is 2.13. The maximum Gasteiger partial charge on any atom is 0.312 e. The number of hydrogen-bond donors (Lipinski definition) is 0. The van der Waals surface area contributed by atoms with E-state index in [-0.39, 0.29) is 17.8 Å². The Morgan fingerprint density at radius 2 is 2.21 bits per heavy atom. The van der Waals surface area contributed by atoms with Crippen LogP contribution in [0.3, 0.4) is 0 Å². The maximum absolute atomic E-state index is 12.2. The van der Waals surface area contributed by atoms with Gasteiger partial charge in [-0.15, -0.1) is 11.3 Å². The van der Waals surface area contributed by atoms with Gasteiger partial charge >= 0.3 is 5.97 Å². The van der Waals surface area contributed by atoms with E-state index in [2.05, 4.69) is 9.72 Å². The van der Waals surface area contributed by atoms with Gasteiger partial charge in [-0.05, 0) is 18.2 Å². The second-order valence-electron chi connectivity index (χ2n) is 4.47. The number of likely N-dealkylation sites (tertiary alicyclic amines) is 1. The van der Waals surface area contributed by atoms with Gasteiger partial charge in [-0.25, -0.2) is 4.98 Å². The molecule has 0 atom stereocenters. The molecule has 0 N–H and O–H groups in total. The Morgan fingerprint density at radius 1 is 1.42 bits per heavy atom. The summed E-state index contributed by atoms with van der Waals surface area (Å²) in [5.74, 6) is -0.474. The number of methoxy groups -OCH3 is 1. The van der Waals surface area contributed by atoms with Crippen molar-refractivity contribution in [3.63, 3.8) is 0 Å². The number of esters is 1. The number of fused-ring (bicyclic) bond motifs is 1. The number of hydrogen-bond acceptors (Lipinski definition) is 5. The van der Waals surface area contributed by atoms with E-state index < -0.39 is 0 Å². The van der Waals surface area contributed by atoms with Gasteiger partial charge in [-0.1, -0.05) is 0 Å². The summed E-state index contributed by atoms with van der Waals surface area (Å²) in [5, 5.41) is 0. The van der Waals surface area contributed by atoms with Crippen molar-refractivity contribution in [2.75, 3.05) is 20.2 Å². The van der Waals surface area contributed by atoms with Crippen molar-refractivity contribution >= 4 is 33.4 Å². The molecule has 1 saturated heterocycles. The summed E-state index contributed by atoms with van der Waals surface area (Å²) in [4.78, 5) is 29.3. The first-order valence-corrected chi connectivity index (χ1v) is 6.77. The predicted octanol–water partition coefficient (Wildman–Crippen LogP) is 1.54. The topological polar surface area (TPSA) is 59.5 Å². The van der Waals surface area contributed by atoms with Crippen molar-refractivity contribution in [3.05, 3.63) is 29.3 Å². The van der Waals surface area contributed by atoms with E-state index in [0.29, 0.717) is 18.7 Å². The summed E-state index contributed by atoms with van der Waals surface area (Å²) < 4.78 is 5.65. The van der Waals surface area contributed by atoms with Crippen LogP contribution in [0.15, 0.2) is 23.7 Å². The lowest BCUT2D eigenvalue weighted by Crippen LogP contribution is -2.53. The first-order valence-electron chi connectivity index (χ1n) is 5.89. The van der Waals surface area contributed by atoms with E-state index in [1.54, 1.807) is 16.5 Å². The quantitative estimate of drug-likeness (QED) is 0.781. The summed E-state index contributed by atoms with van der Waals surface area (Å²) in [5.41, 5.74) is 3.30. The molecule has 0 radical (unpaired) electrons. The molecule has 2 heterocycles. The average molecular weight is 276 g/mol. The molecule has 1 amide bonds.